The highest BCUT2D eigenvalue weighted by molar-refractivity contribution is 5.14. The van der Waals surface area contributed by atoms with Crippen LogP contribution in [0.5, 0.6) is 0 Å². The molecule has 1 saturated carbocycles. The van der Waals surface area contributed by atoms with Crippen LogP contribution in [0.2, 0.25) is 0 Å². The molecule has 1 aliphatic carbocycles. The quantitative estimate of drug-likeness (QED) is 0.886. The highest BCUT2D eigenvalue weighted by Gasteiger charge is 2.45. The zero-order valence-corrected chi connectivity index (χ0v) is 11.1. The molecule has 1 aromatic rings. The Hall–Kier alpha value is -0.860. The Bertz CT molecular complexity index is 383. The Morgan fingerprint density at radius 1 is 1.17 bits per heavy atom. The van der Waals surface area contributed by atoms with Gasteiger partial charge in [0.1, 0.15) is 0 Å². The van der Waals surface area contributed by atoms with Crippen molar-refractivity contribution in [2.45, 2.75) is 44.2 Å². The molecule has 0 spiro atoms. The third-order valence-corrected chi connectivity index (χ3v) is 4.64. The average Bonchev–Trinajstić information content (AvgIpc) is 3.15. The van der Waals surface area contributed by atoms with Gasteiger partial charge in [0.2, 0.25) is 0 Å². The van der Waals surface area contributed by atoms with Crippen LogP contribution < -0.4 is 5.73 Å². The topological polar surface area (TPSA) is 29.3 Å². The smallest absolute Gasteiger partial charge is 0.0233 e. The maximum absolute atomic E-state index is 6.42. The lowest BCUT2D eigenvalue weighted by molar-refractivity contribution is 0.218. The van der Waals surface area contributed by atoms with Gasteiger partial charge in [0.05, 0.1) is 0 Å². The van der Waals surface area contributed by atoms with Crippen molar-refractivity contribution in [1.82, 2.24) is 4.90 Å². The number of rotatable bonds is 3. The van der Waals surface area contributed by atoms with E-state index in [-0.39, 0.29) is 5.54 Å². The molecule has 2 heteroatoms. The molecular formula is C16H24N2. The second-order valence-electron chi connectivity index (χ2n) is 6.15. The highest BCUT2D eigenvalue weighted by atomic mass is 15.1. The molecule has 3 rings (SSSR count). The SMILES string of the molecule is NC1(C2CCCCN(Cc3ccccc3)C2)CC1. The van der Waals surface area contributed by atoms with Gasteiger partial charge >= 0.3 is 0 Å². The third kappa shape index (κ3) is 2.76. The summed E-state index contributed by atoms with van der Waals surface area (Å²) in [5.74, 6) is 0.726. The predicted molar refractivity (Wildman–Crippen MR) is 75.2 cm³/mol. The van der Waals surface area contributed by atoms with Gasteiger partial charge < -0.3 is 5.73 Å². The van der Waals surface area contributed by atoms with Crippen LogP contribution in [-0.4, -0.2) is 23.5 Å². The van der Waals surface area contributed by atoms with E-state index in [1.807, 2.05) is 0 Å². The van der Waals surface area contributed by atoms with Crippen molar-refractivity contribution < 1.29 is 0 Å². The van der Waals surface area contributed by atoms with Gasteiger partial charge in [-0.3, -0.25) is 4.90 Å². The molecule has 0 aromatic heterocycles. The molecule has 2 nitrogen and oxygen atoms in total. The van der Waals surface area contributed by atoms with E-state index in [2.05, 4.69) is 35.2 Å². The molecule has 2 fully saturated rings. The number of nitrogens with two attached hydrogens (primary N) is 1. The summed E-state index contributed by atoms with van der Waals surface area (Å²) in [7, 11) is 0. The van der Waals surface area contributed by atoms with Gasteiger partial charge in [-0.05, 0) is 43.7 Å². The first kappa shape index (κ1) is 12.2. The zero-order valence-electron chi connectivity index (χ0n) is 11.1. The molecule has 2 N–H and O–H groups in total. The minimum Gasteiger partial charge on any atom is -0.325 e. The highest BCUT2D eigenvalue weighted by Crippen LogP contribution is 2.43. The van der Waals surface area contributed by atoms with Crippen LogP contribution in [0.15, 0.2) is 30.3 Å². The summed E-state index contributed by atoms with van der Waals surface area (Å²) in [6, 6.07) is 10.8. The van der Waals surface area contributed by atoms with Crippen molar-refractivity contribution in [3.63, 3.8) is 0 Å². The molecule has 1 heterocycles. The van der Waals surface area contributed by atoms with E-state index in [1.165, 1.54) is 50.8 Å². The van der Waals surface area contributed by atoms with Gasteiger partial charge in [-0.1, -0.05) is 36.8 Å². The number of hydrogen-bond acceptors (Lipinski definition) is 2. The number of nitrogens with zero attached hydrogens (tertiary/aromatic N) is 1. The van der Waals surface area contributed by atoms with Gasteiger partial charge in [-0.25, -0.2) is 0 Å². The molecule has 0 amide bonds. The molecule has 2 aliphatic rings. The molecule has 0 radical (unpaired) electrons. The molecule has 1 aliphatic heterocycles. The normalized spacial score (nSPS) is 27.7. The van der Waals surface area contributed by atoms with E-state index in [1.54, 1.807) is 0 Å². The zero-order chi connectivity index (χ0) is 12.4. The fraction of sp³-hybridized carbons (Fsp3) is 0.625. The molecule has 1 unspecified atom stereocenters. The summed E-state index contributed by atoms with van der Waals surface area (Å²) >= 11 is 0. The molecule has 0 bridgehead atoms. The largest absolute Gasteiger partial charge is 0.325 e. The van der Waals surface area contributed by atoms with Gasteiger partial charge in [-0.15, -0.1) is 0 Å². The Kier molecular flexibility index (Phi) is 3.40. The van der Waals surface area contributed by atoms with Crippen LogP contribution in [0.1, 0.15) is 37.7 Å². The van der Waals surface area contributed by atoms with E-state index in [0.717, 1.165) is 12.5 Å². The fourth-order valence-corrected chi connectivity index (χ4v) is 3.23. The summed E-state index contributed by atoms with van der Waals surface area (Å²) in [5, 5.41) is 0. The first-order valence-corrected chi connectivity index (χ1v) is 7.31. The van der Waals surface area contributed by atoms with Crippen LogP contribution in [-0.2, 0) is 6.54 Å². The van der Waals surface area contributed by atoms with E-state index in [4.69, 9.17) is 5.73 Å². The van der Waals surface area contributed by atoms with Crippen molar-refractivity contribution in [2.24, 2.45) is 11.7 Å². The molecule has 1 aromatic carbocycles. The molecule has 1 atom stereocenters. The number of benzene rings is 1. The maximum Gasteiger partial charge on any atom is 0.0233 e. The second kappa shape index (κ2) is 5.02. The molecule has 1 saturated heterocycles. The lowest BCUT2D eigenvalue weighted by atomic mass is 9.93. The second-order valence-corrected chi connectivity index (χ2v) is 6.15. The van der Waals surface area contributed by atoms with Crippen molar-refractivity contribution in [2.75, 3.05) is 13.1 Å². The van der Waals surface area contributed by atoms with E-state index >= 15 is 0 Å². The van der Waals surface area contributed by atoms with Crippen molar-refractivity contribution in [1.29, 1.82) is 0 Å². The molecular weight excluding hydrogens is 220 g/mol. The Labute approximate surface area is 110 Å². The number of hydrogen-bond donors (Lipinski definition) is 1. The van der Waals surface area contributed by atoms with Crippen LogP contribution >= 0.6 is 0 Å². The first-order valence-electron chi connectivity index (χ1n) is 7.31. The first-order chi connectivity index (χ1) is 8.76. The van der Waals surface area contributed by atoms with E-state index < -0.39 is 0 Å². The molecule has 18 heavy (non-hydrogen) atoms. The van der Waals surface area contributed by atoms with Gasteiger partial charge in [0, 0.05) is 18.6 Å². The maximum atomic E-state index is 6.42. The van der Waals surface area contributed by atoms with Crippen LogP contribution in [0.4, 0.5) is 0 Å². The van der Waals surface area contributed by atoms with E-state index in [9.17, 15) is 0 Å². The Morgan fingerprint density at radius 2 is 1.94 bits per heavy atom. The van der Waals surface area contributed by atoms with Gasteiger partial charge in [0.25, 0.3) is 0 Å². The third-order valence-electron chi connectivity index (χ3n) is 4.64. The lowest BCUT2D eigenvalue weighted by Gasteiger charge is -2.28. The van der Waals surface area contributed by atoms with Gasteiger partial charge in [0.15, 0.2) is 0 Å². The van der Waals surface area contributed by atoms with Crippen LogP contribution in [0.3, 0.4) is 0 Å². The van der Waals surface area contributed by atoms with E-state index in [0.29, 0.717) is 0 Å². The van der Waals surface area contributed by atoms with Crippen molar-refractivity contribution in [3.05, 3.63) is 35.9 Å². The molecule has 98 valence electrons. The number of likely N-dealkylation sites (tertiary alicyclic amines) is 1. The monoisotopic (exact) mass is 244 g/mol. The predicted octanol–water partition coefficient (Wildman–Crippen LogP) is 2.78. The minimum atomic E-state index is 0.194. The van der Waals surface area contributed by atoms with Crippen LogP contribution in [0.25, 0.3) is 0 Å². The summed E-state index contributed by atoms with van der Waals surface area (Å²) < 4.78 is 0. The van der Waals surface area contributed by atoms with Crippen molar-refractivity contribution >= 4 is 0 Å². The average molecular weight is 244 g/mol. The van der Waals surface area contributed by atoms with Crippen LogP contribution in [0, 0.1) is 5.92 Å². The Morgan fingerprint density at radius 3 is 2.67 bits per heavy atom. The van der Waals surface area contributed by atoms with Gasteiger partial charge in [-0.2, -0.15) is 0 Å². The van der Waals surface area contributed by atoms with Crippen molar-refractivity contribution in [3.8, 4) is 0 Å². The Balaban J connectivity index is 1.64. The summed E-state index contributed by atoms with van der Waals surface area (Å²) in [5.41, 5.74) is 8.04. The minimum absolute atomic E-state index is 0.194. The standard InChI is InChI=1S/C16H24N2/c17-16(9-10-16)15-8-4-5-11-18(13-15)12-14-6-2-1-3-7-14/h1-3,6-7,15H,4-5,8-13,17H2. The summed E-state index contributed by atoms with van der Waals surface area (Å²) in [6.45, 7) is 3.53. The fourth-order valence-electron chi connectivity index (χ4n) is 3.23. The summed E-state index contributed by atoms with van der Waals surface area (Å²) in [4.78, 5) is 2.61. The lowest BCUT2D eigenvalue weighted by Crippen LogP contribution is -2.39. The summed E-state index contributed by atoms with van der Waals surface area (Å²) in [6.07, 6.45) is 6.52.